The first-order chi connectivity index (χ1) is 12.8. The standard InChI is InChI=1S/C19H18Cl2N2O4/c1-19(12-3-8-15(20)16(21)11-12)17(24)23(18(25)22-19)9-10-27-14-6-4-13(26-2)5-7-14/h3-8,11H,9-10H2,1-2H3,(H,22,25). The first kappa shape index (κ1) is 19.3. The van der Waals surface area contributed by atoms with E-state index in [1.54, 1.807) is 56.5 Å². The summed E-state index contributed by atoms with van der Waals surface area (Å²) in [7, 11) is 1.58. The molecule has 2 aromatic carbocycles. The maximum absolute atomic E-state index is 12.9. The van der Waals surface area contributed by atoms with E-state index in [1.165, 1.54) is 0 Å². The highest BCUT2D eigenvalue weighted by atomic mass is 35.5. The second-order valence-corrected chi connectivity index (χ2v) is 6.98. The predicted molar refractivity (Wildman–Crippen MR) is 103 cm³/mol. The number of urea groups is 1. The van der Waals surface area contributed by atoms with E-state index in [4.69, 9.17) is 32.7 Å². The highest BCUT2D eigenvalue weighted by Gasteiger charge is 2.48. The summed E-state index contributed by atoms with van der Waals surface area (Å²) in [6.07, 6.45) is 0. The van der Waals surface area contributed by atoms with Crippen LogP contribution in [-0.2, 0) is 10.3 Å². The number of methoxy groups -OCH3 is 1. The van der Waals surface area contributed by atoms with Crippen molar-refractivity contribution < 1.29 is 19.1 Å². The molecule has 1 saturated heterocycles. The van der Waals surface area contributed by atoms with Gasteiger partial charge in [-0.3, -0.25) is 9.69 Å². The fourth-order valence-corrected chi connectivity index (χ4v) is 3.13. The molecule has 3 amide bonds. The van der Waals surface area contributed by atoms with Crippen LogP contribution in [0.15, 0.2) is 42.5 Å². The van der Waals surface area contributed by atoms with Gasteiger partial charge in [0.05, 0.1) is 23.7 Å². The van der Waals surface area contributed by atoms with Crippen molar-refractivity contribution in [3.63, 3.8) is 0 Å². The van der Waals surface area contributed by atoms with Gasteiger partial charge in [0, 0.05) is 0 Å². The number of hydrogen-bond donors (Lipinski definition) is 1. The maximum Gasteiger partial charge on any atom is 0.325 e. The van der Waals surface area contributed by atoms with E-state index in [2.05, 4.69) is 5.32 Å². The molecule has 1 unspecified atom stereocenters. The third-order valence-electron chi connectivity index (χ3n) is 4.41. The van der Waals surface area contributed by atoms with E-state index in [-0.39, 0.29) is 19.1 Å². The Morgan fingerprint density at radius 3 is 2.33 bits per heavy atom. The van der Waals surface area contributed by atoms with Crippen LogP contribution in [0.5, 0.6) is 11.5 Å². The van der Waals surface area contributed by atoms with E-state index in [0.29, 0.717) is 27.1 Å². The minimum Gasteiger partial charge on any atom is -0.497 e. The zero-order valence-corrected chi connectivity index (χ0v) is 16.3. The number of benzene rings is 2. The van der Waals surface area contributed by atoms with Crippen LogP contribution in [0.3, 0.4) is 0 Å². The SMILES string of the molecule is COc1ccc(OCCN2C(=O)NC(C)(c3ccc(Cl)c(Cl)c3)C2=O)cc1. The summed E-state index contributed by atoms with van der Waals surface area (Å²) in [5.74, 6) is 0.966. The first-order valence-corrected chi connectivity index (χ1v) is 8.97. The molecule has 8 heteroatoms. The summed E-state index contributed by atoms with van der Waals surface area (Å²) in [5, 5.41) is 3.42. The quantitative estimate of drug-likeness (QED) is 0.737. The van der Waals surface area contributed by atoms with E-state index in [9.17, 15) is 9.59 Å². The molecule has 2 aromatic rings. The number of ether oxygens (including phenoxy) is 2. The Bertz CT molecular complexity index is 873. The normalized spacial score (nSPS) is 19.2. The van der Waals surface area contributed by atoms with E-state index in [1.807, 2.05) is 0 Å². The molecule has 0 saturated carbocycles. The Balaban J connectivity index is 1.67. The van der Waals surface area contributed by atoms with Gasteiger partial charge in [-0.2, -0.15) is 0 Å². The Morgan fingerprint density at radius 2 is 1.70 bits per heavy atom. The van der Waals surface area contributed by atoms with Crippen LogP contribution in [0.25, 0.3) is 0 Å². The molecule has 1 aliphatic rings. The fourth-order valence-electron chi connectivity index (χ4n) is 2.83. The Kier molecular flexibility index (Phi) is 5.48. The second kappa shape index (κ2) is 7.66. The van der Waals surface area contributed by atoms with Crippen LogP contribution >= 0.6 is 23.2 Å². The monoisotopic (exact) mass is 408 g/mol. The molecular weight excluding hydrogens is 391 g/mol. The Labute approximate surface area is 167 Å². The summed E-state index contributed by atoms with van der Waals surface area (Å²) in [5.41, 5.74) is -0.639. The second-order valence-electron chi connectivity index (χ2n) is 6.16. The van der Waals surface area contributed by atoms with Crippen molar-refractivity contribution in [2.75, 3.05) is 20.3 Å². The number of imide groups is 1. The lowest BCUT2D eigenvalue weighted by molar-refractivity contribution is -0.131. The molecule has 3 rings (SSSR count). The topological polar surface area (TPSA) is 67.9 Å². The number of carbonyl (C=O) groups is 2. The fraction of sp³-hybridized carbons (Fsp3) is 0.263. The largest absolute Gasteiger partial charge is 0.497 e. The molecule has 6 nitrogen and oxygen atoms in total. The van der Waals surface area contributed by atoms with Crippen molar-refractivity contribution in [2.45, 2.75) is 12.5 Å². The van der Waals surface area contributed by atoms with Crippen molar-refractivity contribution in [2.24, 2.45) is 0 Å². The number of nitrogens with zero attached hydrogens (tertiary/aromatic N) is 1. The molecule has 0 aliphatic carbocycles. The molecule has 1 heterocycles. The zero-order chi connectivity index (χ0) is 19.6. The van der Waals surface area contributed by atoms with Gasteiger partial charge in [-0.1, -0.05) is 29.3 Å². The molecular formula is C19H18Cl2N2O4. The lowest BCUT2D eigenvalue weighted by Crippen LogP contribution is -2.41. The summed E-state index contributed by atoms with van der Waals surface area (Å²) >= 11 is 12.0. The molecule has 0 aromatic heterocycles. The molecule has 27 heavy (non-hydrogen) atoms. The van der Waals surface area contributed by atoms with Gasteiger partial charge in [-0.15, -0.1) is 0 Å². The van der Waals surface area contributed by atoms with Gasteiger partial charge in [-0.25, -0.2) is 4.79 Å². The minimum absolute atomic E-state index is 0.119. The molecule has 1 N–H and O–H groups in total. The van der Waals surface area contributed by atoms with Gasteiger partial charge in [-0.05, 0) is 48.9 Å². The third-order valence-corrected chi connectivity index (χ3v) is 5.15. The van der Waals surface area contributed by atoms with Crippen molar-refractivity contribution in [3.8, 4) is 11.5 Å². The maximum atomic E-state index is 12.9. The first-order valence-electron chi connectivity index (χ1n) is 8.21. The van der Waals surface area contributed by atoms with E-state index < -0.39 is 11.6 Å². The van der Waals surface area contributed by atoms with Crippen molar-refractivity contribution >= 4 is 35.1 Å². The van der Waals surface area contributed by atoms with Gasteiger partial charge in [0.2, 0.25) is 0 Å². The van der Waals surface area contributed by atoms with Crippen LogP contribution < -0.4 is 14.8 Å². The number of amides is 3. The summed E-state index contributed by atoms with van der Waals surface area (Å²) in [4.78, 5) is 26.3. The summed E-state index contributed by atoms with van der Waals surface area (Å²) < 4.78 is 10.7. The van der Waals surface area contributed by atoms with Gasteiger partial charge in [0.1, 0.15) is 23.6 Å². The zero-order valence-electron chi connectivity index (χ0n) is 14.8. The Morgan fingerprint density at radius 1 is 1.04 bits per heavy atom. The van der Waals surface area contributed by atoms with Crippen molar-refractivity contribution in [3.05, 3.63) is 58.1 Å². The number of halogens is 2. The highest BCUT2D eigenvalue weighted by molar-refractivity contribution is 6.42. The molecule has 0 spiro atoms. The van der Waals surface area contributed by atoms with E-state index >= 15 is 0 Å². The molecule has 0 bridgehead atoms. The predicted octanol–water partition coefficient (Wildman–Crippen LogP) is 3.85. The smallest absolute Gasteiger partial charge is 0.325 e. The summed E-state index contributed by atoms with van der Waals surface area (Å²) in [6.45, 7) is 1.92. The van der Waals surface area contributed by atoms with Crippen molar-refractivity contribution in [1.29, 1.82) is 0 Å². The van der Waals surface area contributed by atoms with Crippen LogP contribution in [0.1, 0.15) is 12.5 Å². The average Bonchev–Trinajstić information content (AvgIpc) is 2.88. The Hall–Kier alpha value is -2.44. The summed E-state index contributed by atoms with van der Waals surface area (Å²) in [6, 6.07) is 11.4. The molecule has 1 atom stereocenters. The lowest BCUT2D eigenvalue weighted by atomic mass is 9.92. The third kappa shape index (κ3) is 3.82. The molecule has 142 valence electrons. The van der Waals surface area contributed by atoms with Crippen LogP contribution in [-0.4, -0.2) is 37.1 Å². The van der Waals surface area contributed by atoms with Gasteiger partial charge >= 0.3 is 6.03 Å². The van der Waals surface area contributed by atoms with Crippen molar-refractivity contribution in [1.82, 2.24) is 10.2 Å². The number of nitrogens with one attached hydrogen (secondary N) is 1. The minimum atomic E-state index is -1.20. The number of hydrogen-bond acceptors (Lipinski definition) is 4. The van der Waals surface area contributed by atoms with Crippen LogP contribution in [0.4, 0.5) is 4.79 Å². The van der Waals surface area contributed by atoms with Crippen LogP contribution in [0.2, 0.25) is 10.0 Å². The van der Waals surface area contributed by atoms with Crippen LogP contribution in [0, 0.1) is 0 Å². The number of rotatable bonds is 6. The molecule has 0 radical (unpaired) electrons. The lowest BCUT2D eigenvalue weighted by Gasteiger charge is -2.22. The molecule has 1 aliphatic heterocycles. The van der Waals surface area contributed by atoms with Gasteiger partial charge < -0.3 is 14.8 Å². The average molecular weight is 409 g/mol. The van der Waals surface area contributed by atoms with E-state index in [0.717, 1.165) is 4.90 Å². The van der Waals surface area contributed by atoms with Gasteiger partial charge in [0.15, 0.2) is 0 Å². The van der Waals surface area contributed by atoms with Gasteiger partial charge in [0.25, 0.3) is 5.91 Å². The molecule has 1 fully saturated rings. The number of carbonyl (C=O) groups excluding carboxylic acids is 2. The highest BCUT2D eigenvalue weighted by Crippen LogP contribution is 2.33.